The van der Waals surface area contributed by atoms with E-state index in [0.717, 1.165) is 74.2 Å². The number of amides is 1. The van der Waals surface area contributed by atoms with Crippen LogP contribution in [-0.4, -0.2) is 69.7 Å². The van der Waals surface area contributed by atoms with E-state index >= 15 is 0 Å². The first kappa shape index (κ1) is 25.5. The number of hydrogen-bond donors (Lipinski definition) is 1. The van der Waals surface area contributed by atoms with Crippen LogP contribution in [-0.2, 0) is 17.6 Å². The summed E-state index contributed by atoms with van der Waals surface area (Å²) in [6.07, 6.45) is 6.05. The predicted molar refractivity (Wildman–Crippen MR) is 156 cm³/mol. The van der Waals surface area contributed by atoms with Gasteiger partial charge in [0.2, 0.25) is 5.91 Å². The second kappa shape index (κ2) is 11.5. The zero-order valence-corrected chi connectivity index (χ0v) is 22.5. The van der Waals surface area contributed by atoms with Gasteiger partial charge in [-0.3, -0.25) is 19.2 Å². The van der Waals surface area contributed by atoms with E-state index in [1.807, 2.05) is 36.4 Å². The number of carbonyl (C=O) groups excluding carboxylic acids is 1. The van der Waals surface area contributed by atoms with Crippen molar-refractivity contribution < 1.29 is 4.79 Å². The molecule has 1 N–H and O–H groups in total. The van der Waals surface area contributed by atoms with E-state index in [1.165, 1.54) is 11.1 Å². The molecule has 1 amide bonds. The summed E-state index contributed by atoms with van der Waals surface area (Å²) in [6, 6.07) is 24.1. The van der Waals surface area contributed by atoms with Gasteiger partial charge in [-0.05, 0) is 60.0 Å². The molecule has 4 aromatic rings. The molecule has 39 heavy (non-hydrogen) atoms. The molecule has 0 saturated carbocycles. The highest BCUT2D eigenvalue weighted by atomic mass is 35.5. The van der Waals surface area contributed by atoms with Crippen molar-refractivity contribution >= 4 is 29.3 Å². The molecule has 1 aromatic heterocycles. The standard InChI is InChI=1S/C31H31ClN6O/c32-26-11-8-24(9-12-26)31-35-34-29-15-10-25-21-27(13-14-28(25)38(29)31)33-30(39)22-37-19-17-36(18-20-37)16-4-7-23-5-2-1-3-6-23/h1-9,11-14,21H,10,15-20,22H2,(H,33,39)/b7-4+. The van der Waals surface area contributed by atoms with Gasteiger partial charge in [0, 0.05) is 55.4 Å². The van der Waals surface area contributed by atoms with E-state index in [0.29, 0.717) is 11.6 Å². The van der Waals surface area contributed by atoms with E-state index < -0.39 is 0 Å². The number of fused-ring (bicyclic) bond motifs is 3. The van der Waals surface area contributed by atoms with Gasteiger partial charge in [0.05, 0.1) is 12.2 Å². The molecule has 2 aliphatic heterocycles. The van der Waals surface area contributed by atoms with E-state index in [4.69, 9.17) is 11.6 Å². The second-order valence-corrected chi connectivity index (χ2v) is 10.5. The number of anilines is 1. The Morgan fingerprint density at radius 2 is 1.67 bits per heavy atom. The molecule has 0 atom stereocenters. The van der Waals surface area contributed by atoms with Crippen LogP contribution in [0, 0.1) is 0 Å². The number of aromatic nitrogens is 3. The van der Waals surface area contributed by atoms with Crippen LogP contribution in [0.4, 0.5) is 5.69 Å². The lowest BCUT2D eigenvalue weighted by molar-refractivity contribution is -0.117. The number of halogens is 1. The SMILES string of the molecule is O=C(CN1CCN(C/C=C/c2ccccc2)CC1)Nc1ccc2c(c1)CCc1nnc(-c3ccc(Cl)cc3)n1-2. The van der Waals surface area contributed by atoms with Crippen molar-refractivity contribution in [3.63, 3.8) is 0 Å². The first-order chi connectivity index (χ1) is 19.1. The number of benzene rings is 3. The van der Waals surface area contributed by atoms with Gasteiger partial charge in [-0.2, -0.15) is 0 Å². The van der Waals surface area contributed by atoms with Crippen molar-refractivity contribution in [1.82, 2.24) is 24.6 Å². The van der Waals surface area contributed by atoms with E-state index in [2.05, 4.69) is 78.4 Å². The molecule has 7 nitrogen and oxygen atoms in total. The molecular formula is C31H31ClN6O. The second-order valence-electron chi connectivity index (χ2n) is 10.1. The third-order valence-electron chi connectivity index (χ3n) is 7.36. The Balaban J connectivity index is 1.04. The zero-order chi connectivity index (χ0) is 26.6. The lowest BCUT2D eigenvalue weighted by Gasteiger charge is -2.33. The third-order valence-corrected chi connectivity index (χ3v) is 7.61. The number of nitrogens with one attached hydrogen (secondary N) is 1. The summed E-state index contributed by atoms with van der Waals surface area (Å²) >= 11 is 6.08. The Kier molecular flexibility index (Phi) is 7.54. The van der Waals surface area contributed by atoms with Gasteiger partial charge in [0.1, 0.15) is 5.82 Å². The molecule has 1 fully saturated rings. The lowest BCUT2D eigenvalue weighted by atomic mass is 10.0. The normalized spacial score (nSPS) is 15.7. The van der Waals surface area contributed by atoms with Crippen molar-refractivity contribution in [2.45, 2.75) is 12.8 Å². The molecule has 8 heteroatoms. The quantitative estimate of drug-likeness (QED) is 0.360. The van der Waals surface area contributed by atoms with Gasteiger partial charge in [-0.1, -0.05) is 54.1 Å². The fourth-order valence-corrected chi connectivity index (χ4v) is 5.41. The van der Waals surface area contributed by atoms with Crippen LogP contribution < -0.4 is 5.32 Å². The van der Waals surface area contributed by atoms with E-state index in [9.17, 15) is 4.79 Å². The fourth-order valence-electron chi connectivity index (χ4n) is 5.28. The van der Waals surface area contributed by atoms with Crippen molar-refractivity contribution in [3.8, 4) is 17.1 Å². The van der Waals surface area contributed by atoms with Crippen LogP contribution in [0.3, 0.4) is 0 Å². The first-order valence-corrected chi connectivity index (χ1v) is 13.8. The van der Waals surface area contributed by atoms with Crippen molar-refractivity contribution in [2.24, 2.45) is 0 Å². The average Bonchev–Trinajstić information content (AvgIpc) is 3.39. The molecule has 2 aliphatic rings. The molecule has 6 rings (SSSR count). The highest BCUT2D eigenvalue weighted by Gasteiger charge is 2.23. The molecule has 0 spiro atoms. The molecule has 1 saturated heterocycles. The molecule has 198 valence electrons. The van der Waals surface area contributed by atoms with Crippen LogP contribution in [0.15, 0.2) is 78.9 Å². The summed E-state index contributed by atoms with van der Waals surface area (Å²) in [6.45, 7) is 5.03. The summed E-state index contributed by atoms with van der Waals surface area (Å²) in [5.74, 6) is 1.77. The minimum atomic E-state index is 0.0232. The minimum Gasteiger partial charge on any atom is -0.325 e. The number of aryl methyl sites for hydroxylation is 2. The van der Waals surface area contributed by atoms with Crippen LogP contribution in [0.1, 0.15) is 17.0 Å². The maximum atomic E-state index is 12.9. The van der Waals surface area contributed by atoms with Crippen molar-refractivity contribution in [1.29, 1.82) is 0 Å². The van der Waals surface area contributed by atoms with Crippen LogP contribution in [0.5, 0.6) is 0 Å². The fraction of sp³-hybridized carbons (Fsp3) is 0.258. The number of nitrogens with zero attached hydrogens (tertiary/aromatic N) is 5. The Hall–Kier alpha value is -3.78. The van der Waals surface area contributed by atoms with Gasteiger partial charge in [0.15, 0.2) is 5.82 Å². The molecule has 0 unspecified atom stereocenters. The highest BCUT2D eigenvalue weighted by molar-refractivity contribution is 6.30. The van der Waals surface area contributed by atoms with Gasteiger partial charge in [-0.15, -0.1) is 10.2 Å². The van der Waals surface area contributed by atoms with Crippen LogP contribution in [0.2, 0.25) is 5.02 Å². The lowest BCUT2D eigenvalue weighted by Crippen LogP contribution is -2.48. The van der Waals surface area contributed by atoms with Crippen molar-refractivity contribution in [2.75, 3.05) is 44.6 Å². The number of rotatable bonds is 7. The smallest absolute Gasteiger partial charge is 0.238 e. The average molecular weight is 539 g/mol. The molecule has 3 aromatic carbocycles. The van der Waals surface area contributed by atoms with Crippen molar-refractivity contribution in [3.05, 3.63) is 101 Å². The Labute approximate surface area is 233 Å². The van der Waals surface area contributed by atoms with Gasteiger partial charge in [0.25, 0.3) is 0 Å². The number of carbonyl (C=O) groups is 1. The number of hydrogen-bond acceptors (Lipinski definition) is 5. The summed E-state index contributed by atoms with van der Waals surface area (Å²) in [5.41, 5.74) is 5.25. The summed E-state index contributed by atoms with van der Waals surface area (Å²) in [7, 11) is 0. The van der Waals surface area contributed by atoms with Gasteiger partial charge >= 0.3 is 0 Å². The third kappa shape index (κ3) is 5.96. The Morgan fingerprint density at radius 3 is 2.46 bits per heavy atom. The molecule has 0 radical (unpaired) electrons. The van der Waals surface area contributed by atoms with Crippen LogP contribution in [0.25, 0.3) is 23.2 Å². The molecular weight excluding hydrogens is 508 g/mol. The molecule has 0 bridgehead atoms. The largest absolute Gasteiger partial charge is 0.325 e. The molecule has 0 aliphatic carbocycles. The highest BCUT2D eigenvalue weighted by Crippen LogP contribution is 2.31. The summed E-state index contributed by atoms with van der Waals surface area (Å²) in [4.78, 5) is 17.5. The maximum absolute atomic E-state index is 12.9. The maximum Gasteiger partial charge on any atom is 0.238 e. The van der Waals surface area contributed by atoms with E-state index in [1.54, 1.807) is 0 Å². The zero-order valence-electron chi connectivity index (χ0n) is 21.8. The first-order valence-electron chi connectivity index (χ1n) is 13.4. The topological polar surface area (TPSA) is 66.3 Å². The molecule has 3 heterocycles. The van der Waals surface area contributed by atoms with E-state index in [-0.39, 0.29) is 5.91 Å². The number of piperazine rings is 1. The Morgan fingerprint density at radius 1 is 0.897 bits per heavy atom. The summed E-state index contributed by atoms with van der Waals surface area (Å²) in [5, 5.41) is 12.7. The van der Waals surface area contributed by atoms with Gasteiger partial charge in [-0.25, -0.2) is 0 Å². The van der Waals surface area contributed by atoms with Crippen LogP contribution >= 0.6 is 11.6 Å². The Bertz CT molecular complexity index is 1470. The van der Waals surface area contributed by atoms with Gasteiger partial charge < -0.3 is 5.32 Å². The minimum absolute atomic E-state index is 0.0232. The summed E-state index contributed by atoms with van der Waals surface area (Å²) < 4.78 is 2.11. The monoisotopic (exact) mass is 538 g/mol. The predicted octanol–water partition coefficient (Wildman–Crippen LogP) is 4.96.